The molecule has 0 bridgehead atoms. The molecule has 0 fully saturated rings. The van der Waals surface area contributed by atoms with Gasteiger partial charge in [0.15, 0.2) is 0 Å². The molecule has 0 radical (unpaired) electrons. The zero-order valence-electron chi connectivity index (χ0n) is 11.4. The van der Waals surface area contributed by atoms with Crippen molar-refractivity contribution in [2.75, 3.05) is 0 Å². The van der Waals surface area contributed by atoms with Gasteiger partial charge in [0.25, 0.3) is 0 Å². The molecule has 3 heteroatoms. The number of halogens is 2. The molecule has 1 nitrogen and oxygen atoms in total. The molecule has 1 aromatic heterocycles. The first-order valence-corrected chi connectivity index (χ1v) is 7.38. The SMILES string of the molecule is CC(C)c1ccc2[nH]c(-c3ccc(Cl)cc3Cl)cc2c1. The first kappa shape index (κ1) is 13.5. The van der Waals surface area contributed by atoms with E-state index in [4.69, 9.17) is 23.2 Å². The minimum atomic E-state index is 0.525. The lowest BCUT2D eigenvalue weighted by Crippen LogP contribution is -1.85. The summed E-state index contributed by atoms with van der Waals surface area (Å²) in [5.41, 5.74) is 4.45. The number of H-pyrrole nitrogens is 1. The van der Waals surface area contributed by atoms with Crippen molar-refractivity contribution in [1.29, 1.82) is 0 Å². The van der Waals surface area contributed by atoms with E-state index in [-0.39, 0.29) is 0 Å². The summed E-state index contributed by atoms with van der Waals surface area (Å²) in [6.45, 7) is 4.40. The van der Waals surface area contributed by atoms with Gasteiger partial charge in [-0.15, -0.1) is 0 Å². The minimum Gasteiger partial charge on any atom is -0.354 e. The molecule has 2 aromatic carbocycles. The molecule has 0 spiro atoms. The zero-order valence-corrected chi connectivity index (χ0v) is 12.9. The van der Waals surface area contributed by atoms with Crippen LogP contribution in [0, 0.1) is 0 Å². The van der Waals surface area contributed by atoms with E-state index in [1.165, 1.54) is 10.9 Å². The standard InChI is InChI=1S/C17H15Cl2N/c1-10(2)11-3-6-16-12(7-11)8-17(20-16)14-5-4-13(18)9-15(14)19/h3-10,20H,1-2H3. The van der Waals surface area contributed by atoms with Gasteiger partial charge in [0.2, 0.25) is 0 Å². The molecule has 0 saturated carbocycles. The number of fused-ring (bicyclic) bond motifs is 1. The molecule has 0 amide bonds. The van der Waals surface area contributed by atoms with Crippen molar-refractivity contribution in [3.63, 3.8) is 0 Å². The summed E-state index contributed by atoms with van der Waals surface area (Å²) in [6.07, 6.45) is 0. The van der Waals surface area contributed by atoms with Gasteiger partial charge in [0.1, 0.15) is 0 Å². The highest BCUT2D eigenvalue weighted by Gasteiger charge is 2.09. The Labute approximate surface area is 128 Å². The summed E-state index contributed by atoms with van der Waals surface area (Å²) < 4.78 is 0. The maximum absolute atomic E-state index is 6.27. The molecule has 0 atom stereocenters. The maximum Gasteiger partial charge on any atom is 0.0514 e. The average Bonchev–Trinajstić information content (AvgIpc) is 2.80. The third-order valence-electron chi connectivity index (χ3n) is 3.53. The Morgan fingerprint density at radius 2 is 1.75 bits per heavy atom. The highest BCUT2D eigenvalue weighted by Crippen LogP contribution is 2.32. The zero-order chi connectivity index (χ0) is 14.3. The fourth-order valence-corrected chi connectivity index (χ4v) is 2.87. The molecule has 102 valence electrons. The summed E-state index contributed by atoms with van der Waals surface area (Å²) >= 11 is 12.2. The van der Waals surface area contributed by atoms with E-state index < -0.39 is 0 Å². The van der Waals surface area contributed by atoms with Gasteiger partial charge in [-0.1, -0.05) is 43.1 Å². The van der Waals surface area contributed by atoms with Crippen molar-refractivity contribution in [3.05, 3.63) is 58.1 Å². The molecule has 1 heterocycles. The van der Waals surface area contributed by atoms with Crippen LogP contribution < -0.4 is 0 Å². The lowest BCUT2D eigenvalue weighted by molar-refractivity contribution is 0.869. The number of hydrogen-bond acceptors (Lipinski definition) is 0. The lowest BCUT2D eigenvalue weighted by Gasteiger charge is -2.03. The topological polar surface area (TPSA) is 15.8 Å². The smallest absolute Gasteiger partial charge is 0.0514 e. The normalized spacial score (nSPS) is 11.4. The quantitative estimate of drug-likeness (QED) is 0.574. The van der Waals surface area contributed by atoms with Crippen LogP contribution in [0.2, 0.25) is 10.0 Å². The maximum atomic E-state index is 6.27. The van der Waals surface area contributed by atoms with Crippen LogP contribution in [0.25, 0.3) is 22.2 Å². The Morgan fingerprint density at radius 1 is 0.950 bits per heavy atom. The number of hydrogen-bond donors (Lipinski definition) is 1. The van der Waals surface area contributed by atoms with Crippen LogP contribution >= 0.6 is 23.2 Å². The Kier molecular flexibility index (Phi) is 3.49. The summed E-state index contributed by atoms with van der Waals surface area (Å²) in [5, 5.41) is 2.52. The second-order valence-corrected chi connectivity index (χ2v) is 6.15. The monoisotopic (exact) mass is 303 g/mol. The van der Waals surface area contributed by atoms with Crippen molar-refractivity contribution in [1.82, 2.24) is 4.98 Å². The summed E-state index contributed by atoms with van der Waals surface area (Å²) in [6, 6.07) is 14.2. The molecule has 3 rings (SSSR count). The molecule has 20 heavy (non-hydrogen) atoms. The van der Waals surface area contributed by atoms with Crippen LogP contribution in [-0.2, 0) is 0 Å². The van der Waals surface area contributed by atoms with Gasteiger partial charge in [-0.2, -0.15) is 0 Å². The van der Waals surface area contributed by atoms with Crippen molar-refractivity contribution in [2.24, 2.45) is 0 Å². The van der Waals surface area contributed by atoms with Gasteiger partial charge in [-0.05, 0) is 47.9 Å². The predicted molar refractivity (Wildman–Crippen MR) is 87.8 cm³/mol. The van der Waals surface area contributed by atoms with Gasteiger partial charge < -0.3 is 4.98 Å². The van der Waals surface area contributed by atoms with E-state index in [1.807, 2.05) is 12.1 Å². The second kappa shape index (κ2) is 5.16. The van der Waals surface area contributed by atoms with Crippen LogP contribution in [0.3, 0.4) is 0 Å². The van der Waals surface area contributed by atoms with E-state index in [0.717, 1.165) is 16.8 Å². The summed E-state index contributed by atoms with van der Waals surface area (Å²) in [7, 11) is 0. The Morgan fingerprint density at radius 3 is 2.45 bits per heavy atom. The number of rotatable bonds is 2. The van der Waals surface area contributed by atoms with Crippen molar-refractivity contribution >= 4 is 34.1 Å². The molecule has 0 unspecified atom stereocenters. The van der Waals surface area contributed by atoms with E-state index >= 15 is 0 Å². The van der Waals surface area contributed by atoms with Crippen LogP contribution in [0.5, 0.6) is 0 Å². The first-order chi connectivity index (χ1) is 9.54. The first-order valence-electron chi connectivity index (χ1n) is 6.62. The highest BCUT2D eigenvalue weighted by atomic mass is 35.5. The molecule has 0 aliphatic rings. The van der Waals surface area contributed by atoms with Crippen molar-refractivity contribution < 1.29 is 0 Å². The van der Waals surface area contributed by atoms with E-state index in [9.17, 15) is 0 Å². The van der Waals surface area contributed by atoms with Crippen LogP contribution in [0.15, 0.2) is 42.5 Å². The Balaban J connectivity index is 2.13. The van der Waals surface area contributed by atoms with Gasteiger partial charge in [-0.3, -0.25) is 0 Å². The molecule has 0 aliphatic carbocycles. The van der Waals surface area contributed by atoms with Crippen LogP contribution in [0.4, 0.5) is 0 Å². The number of nitrogens with one attached hydrogen (secondary N) is 1. The second-order valence-electron chi connectivity index (χ2n) is 5.31. The van der Waals surface area contributed by atoms with E-state index in [2.05, 4.69) is 43.1 Å². The van der Waals surface area contributed by atoms with E-state index in [1.54, 1.807) is 6.07 Å². The van der Waals surface area contributed by atoms with E-state index in [0.29, 0.717) is 16.0 Å². The van der Waals surface area contributed by atoms with Gasteiger partial charge >= 0.3 is 0 Å². The largest absolute Gasteiger partial charge is 0.354 e. The molecule has 0 saturated heterocycles. The number of aromatic nitrogens is 1. The number of aromatic amines is 1. The van der Waals surface area contributed by atoms with Crippen LogP contribution in [-0.4, -0.2) is 4.98 Å². The predicted octanol–water partition coefficient (Wildman–Crippen LogP) is 6.27. The third kappa shape index (κ3) is 2.44. The molecule has 3 aromatic rings. The van der Waals surface area contributed by atoms with Crippen LogP contribution in [0.1, 0.15) is 25.3 Å². The van der Waals surface area contributed by atoms with Gasteiger partial charge in [-0.25, -0.2) is 0 Å². The summed E-state index contributed by atoms with van der Waals surface area (Å²) in [4.78, 5) is 3.41. The van der Waals surface area contributed by atoms with Crippen molar-refractivity contribution in [3.8, 4) is 11.3 Å². The molecular formula is C17H15Cl2N. The lowest BCUT2D eigenvalue weighted by atomic mass is 10.0. The van der Waals surface area contributed by atoms with Crippen molar-refractivity contribution in [2.45, 2.75) is 19.8 Å². The Hall–Kier alpha value is -1.44. The Bertz CT molecular complexity index is 772. The average molecular weight is 304 g/mol. The third-order valence-corrected chi connectivity index (χ3v) is 4.08. The molecular weight excluding hydrogens is 289 g/mol. The fourth-order valence-electron chi connectivity index (χ4n) is 2.36. The fraction of sp³-hybridized carbons (Fsp3) is 0.176. The molecule has 1 N–H and O–H groups in total. The minimum absolute atomic E-state index is 0.525. The molecule has 0 aliphatic heterocycles. The summed E-state index contributed by atoms with van der Waals surface area (Å²) in [5.74, 6) is 0.525. The number of benzene rings is 2. The van der Waals surface area contributed by atoms with Gasteiger partial charge in [0, 0.05) is 27.2 Å². The highest BCUT2D eigenvalue weighted by molar-refractivity contribution is 6.36. The van der Waals surface area contributed by atoms with Gasteiger partial charge in [0.05, 0.1) is 5.02 Å².